The number of rotatable bonds is 4. The molecule has 1 unspecified atom stereocenters. The van der Waals surface area contributed by atoms with Crippen molar-refractivity contribution in [2.75, 3.05) is 0 Å². The van der Waals surface area contributed by atoms with Crippen molar-refractivity contribution >= 4 is 17.5 Å². The van der Waals surface area contributed by atoms with E-state index in [1.54, 1.807) is 14.0 Å². The lowest BCUT2D eigenvalue weighted by Gasteiger charge is -2.21. The van der Waals surface area contributed by atoms with Gasteiger partial charge in [0.2, 0.25) is 0 Å². The summed E-state index contributed by atoms with van der Waals surface area (Å²) in [5.74, 6) is -0.614. The molecule has 2 aromatic rings. The molecule has 0 aliphatic heterocycles. The molecule has 0 saturated carbocycles. The van der Waals surface area contributed by atoms with Gasteiger partial charge in [-0.05, 0) is 30.7 Å². The molecule has 0 radical (unpaired) electrons. The van der Waals surface area contributed by atoms with E-state index < -0.39 is 24.5 Å². The highest BCUT2D eigenvalue weighted by molar-refractivity contribution is 6.30. The van der Waals surface area contributed by atoms with E-state index in [0.29, 0.717) is 16.3 Å². The number of carbonyl (C=O) groups is 1. The van der Waals surface area contributed by atoms with Crippen LogP contribution in [0.15, 0.2) is 30.3 Å². The van der Waals surface area contributed by atoms with E-state index in [-0.39, 0.29) is 5.69 Å². The second-order valence-corrected chi connectivity index (χ2v) is 5.63. The number of hydrogen-bond donors (Lipinski definition) is 1. The highest BCUT2D eigenvalue weighted by Gasteiger charge is 2.34. The number of benzene rings is 1. The largest absolute Gasteiger partial charge is 0.391 e. The summed E-state index contributed by atoms with van der Waals surface area (Å²) in [6.45, 7) is 1.70. The first-order valence-corrected chi connectivity index (χ1v) is 7.17. The number of nitrogens with one attached hydrogen (secondary N) is 1. The molecular weight excluding hydrogens is 331 g/mol. The zero-order chi connectivity index (χ0) is 17.2. The molecule has 4 nitrogen and oxygen atoms in total. The number of alkyl halides is 3. The summed E-state index contributed by atoms with van der Waals surface area (Å²) in [6, 6.07) is 6.22. The van der Waals surface area contributed by atoms with E-state index in [0.717, 1.165) is 0 Å². The Morgan fingerprint density at radius 2 is 1.96 bits per heavy atom. The number of hydrogen-bond acceptors (Lipinski definition) is 2. The maximum absolute atomic E-state index is 12.8. The summed E-state index contributed by atoms with van der Waals surface area (Å²) in [5, 5.41) is 6.84. The molecule has 124 valence electrons. The molecule has 1 amide bonds. The average Bonchev–Trinajstić information content (AvgIpc) is 2.76. The molecule has 8 heteroatoms. The number of carbonyl (C=O) groups excluding carboxylic acids is 1. The van der Waals surface area contributed by atoms with Gasteiger partial charge in [0.15, 0.2) is 0 Å². The molecule has 0 fully saturated rings. The molecule has 0 aliphatic carbocycles. The quantitative estimate of drug-likeness (QED) is 0.916. The minimum Gasteiger partial charge on any atom is -0.344 e. The Bertz CT molecular complexity index is 695. The monoisotopic (exact) mass is 345 g/mol. The lowest BCUT2D eigenvalue weighted by Crippen LogP contribution is -2.33. The standard InChI is InChI=1S/C15H15ClF3N3O/c1-9-7-13(22(2)21-9)14(23)20-12(8-15(17,18)19)10-3-5-11(16)6-4-10/h3-7,12H,8H2,1-2H3,(H,20,23). The van der Waals surface area contributed by atoms with Crippen LogP contribution in [0.1, 0.15) is 34.2 Å². The smallest absolute Gasteiger partial charge is 0.344 e. The van der Waals surface area contributed by atoms with Crippen molar-refractivity contribution in [1.82, 2.24) is 15.1 Å². The van der Waals surface area contributed by atoms with E-state index in [4.69, 9.17) is 11.6 Å². The lowest BCUT2D eigenvalue weighted by atomic mass is 10.0. The minimum absolute atomic E-state index is 0.198. The fourth-order valence-electron chi connectivity index (χ4n) is 2.23. The normalized spacial score (nSPS) is 13.0. The van der Waals surface area contributed by atoms with Crippen molar-refractivity contribution in [2.24, 2.45) is 7.05 Å². The number of halogens is 4. The van der Waals surface area contributed by atoms with Crippen molar-refractivity contribution in [1.29, 1.82) is 0 Å². The number of amides is 1. The molecule has 1 N–H and O–H groups in total. The molecule has 23 heavy (non-hydrogen) atoms. The Morgan fingerprint density at radius 3 is 2.43 bits per heavy atom. The molecule has 0 spiro atoms. The zero-order valence-corrected chi connectivity index (χ0v) is 13.2. The molecule has 0 aliphatic rings. The summed E-state index contributed by atoms with van der Waals surface area (Å²) >= 11 is 5.75. The first-order valence-electron chi connectivity index (χ1n) is 6.79. The molecule has 1 aromatic heterocycles. The van der Waals surface area contributed by atoms with Crippen LogP contribution in [-0.4, -0.2) is 21.9 Å². The van der Waals surface area contributed by atoms with Gasteiger partial charge in [-0.2, -0.15) is 18.3 Å². The Kier molecular flexibility index (Phi) is 4.99. The van der Waals surface area contributed by atoms with E-state index in [1.807, 2.05) is 0 Å². The van der Waals surface area contributed by atoms with E-state index in [1.165, 1.54) is 35.0 Å². The molecule has 0 bridgehead atoms. The van der Waals surface area contributed by atoms with Crippen LogP contribution in [0.2, 0.25) is 5.02 Å². The van der Waals surface area contributed by atoms with E-state index >= 15 is 0 Å². The molecule has 0 saturated heterocycles. The molecular formula is C15H15ClF3N3O. The van der Waals surface area contributed by atoms with Crippen molar-refractivity contribution in [3.05, 3.63) is 52.3 Å². The summed E-state index contributed by atoms with van der Waals surface area (Å²) in [4.78, 5) is 12.3. The van der Waals surface area contributed by atoms with E-state index in [9.17, 15) is 18.0 Å². The van der Waals surface area contributed by atoms with Crippen LogP contribution in [0.4, 0.5) is 13.2 Å². The van der Waals surface area contributed by atoms with Gasteiger partial charge in [0.05, 0.1) is 18.2 Å². The Morgan fingerprint density at radius 1 is 1.35 bits per heavy atom. The first kappa shape index (κ1) is 17.3. The van der Waals surface area contributed by atoms with Crippen LogP contribution in [0.3, 0.4) is 0 Å². The lowest BCUT2D eigenvalue weighted by molar-refractivity contribution is -0.139. The van der Waals surface area contributed by atoms with Crippen molar-refractivity contribution in [3.63, 3.8) is 0 Å². The third-order valence-corrected chi connectivity index (χ3v) is 3.50. The topological polar surface area (TPSA) is 46.9 Å². The maximum atomic E-state index is 12.8. The summed E-state index contributed by atoms with van der Waals surface area (Å²) in [7, 11) is 1.56. The van der Waals surface area contributed by atoms with Crippen molar-refractivity contribution in [2.45, 2.75) is 25.6 Å². The second-order valence-electron chi connectivity index (χ2n) is 5.19. The van der Waals surface area contributed by atoms with Crippen molar-refractivity contribution < 1.29 is 18.0 Å². The van der Waals surface area contributed by atoms with Gasteiger partial charge in [-0.25, -0.2) is 0 Å². The molecule has 1 aromatic carbocycles. The number of nitrogens with zero attached hydrogens (tertiary/aromatic N) is 2. The molecule has 1 heterocycles. The van der Waals surface area contributed by atoms with Crippen LogP contribution in [0, 0.1) is 6.92 Å². The second kappa shape index (κ2) is 6.62. The molecule has 2 rings (SSSR count). The minimum atomic E-state index is -4.42. The zero-order valence-electron chi connectivity index (χ0n) is 12.5. The highest BCUT2D eigenvalue weighted by atomic mass is 35.5. The predicted molar refractivity (Wildman–Crippen MR) is 80.3 cm³/mol. The van der Waals surface area contributed by atoms with Crippen LogP contribution in [-0.2, 0) is 7.05 Å². The maximum Gasteiger partial charge on any atom is 0.391 e. The Balaban J connectivity index is 2.25. The highest BCUT2D eigenvalue weighted by Crippen LogP contribution is 2.30. The van der Waals surface area contributed by atoms with Crippen LogP contribution in [0.5, 0.6) is 0 Å². The first-order chi connectivity index (χ1) is 10.7. The third-order valence-electron chi connectivity index (χ3n) is 3.25. The van der Waals surface area contributed by atoms with E-state index in [2.05, 4.69) is 10.4 Å². The SMILES string of the molecule is Cc1cc(C(=O)NC(CC(F)(F)F)c2ccc(Cl)cc2)n(C)n1. The van der Waals surface area contributed by atoms with Gasteiger partial charge in [0, 0.05) is 12.1 Å². The van der Waals surface area contributed by atoms with Gasteiger partial charge in [0.25, 0.3) is 5.91 Å². The number of aryl methyl sites for hydroxylation is 2. The summed E-state index contributed by atoms with van der Waals surface area (Å²) in [6.07, 6.45) is -5.59. The van der Waals surface area contributed by atoms with Crippen LogP contribution < -0.4 is 5.32 Å². The van der Waals surface area contributed by atoms with Crippen molar-refractivity contribution in [3.8, 4) is 0 Å². The number of aromatic nitrogens is 2. The Labute approximate surface area is 136 Å². The van der Waals surface area contributed by atoms with Gasteiger partial charge in [-0.15, -0.1) is 0 Å². The summed E-state index contributed by atoms with van der Waals surface area (Å²) in [5.41, 5.74) is 1.14. The van der Waals surface area contributed by atoms with Gasteiger partial charge in [-0.1, -0.05) is 23.7 Å². The van der Waals surface area contributed by atoms with Crippen LogP contribution in [0.25, 0.3) is 0 Å². The van der Waals surface area contributed by atoms with Gasteiger partial charge in [-0.3, -0.25) is 9.48 Å². The van der Waals surface area contributed by atoms with Gasteiger partial charge >= 0.3 is 6.18 Å². The van der Waals surface area contributed by atoms with Crippen LogP contribution >= 0.6 is 11.6 Å². The predicted octanol–water partition coefficient (Wildman–Crippen LogP) is 3.81. The summed E-state index contributed by atoms with van der Waals surface area (Å²) < 4.78 is 39.8. The fraction of sp³-hybridized carbons (Fsp3) is 0.333. The third kappa shape index (κ3) is 4.72. The van der Waals surface area contributed by atoms with Gasteiger partial charge in [0.1, 0.15) is 5.69 Å². The fourth-order valence-corrected chi connectivity index (χ4v) is 2.36. The Hall–Kier alpha value is -2.02. The average molecular weight is 346 g/mol. The van der Waals surface area contributed by atoms with Gasteiger partial charge < -0.3 is 5.32 Å². The molecule has 1 atom stereocenters.